The Labute approximate surface area is 93.9 Å². The van der Waals surface area contributed by atoms with Gasteiger partial charge in [-0.15, -0.1) is 0 Å². The normalized spacial score (nSPS) is 10.6. The SMILES string of the molecule is Cc1cc(C(=O)O)c(OCC(C)C)cc1F. The first-order valence-corrected chi connectivity index (χ1v) is 5.08. The number of carbonyl (C=O) groups is 1. The maximum absolute atomic E-state index is 13.3. The quantitative estimate of drug-likeness (QED) is 0.858. The average molecular weight is 226 g/mol. The fourth-order valence-corrected chi connectivity index (χ4v) is 1.21. The molecule has 0 atom stereocenters. The molecule has 0 unspecified atom stereocenters. The van der Waals surface area contributed by atoms with Crippen LogP contribution < -0.4 is 4.74 Å². The Balaban J connectivity index is 3.05. The van der Waals surface area contributed by atoms with E-state index in [0.717, 1.165) is 6.07 Å². The number of aryl methyl sites for hydroxylation is 1. The van der Waals surface area contributed by atoms with Crippen LogP contribution >= 0.6 is 0 Å². The van der Waals surface area contributed by atoms with Crippen LogP contribution in [0.1, 0.15) is 29.8 Å². The number of halogens is 1. The lowest BCUT2D eigenvalue weighted by molar-refractivity contribution is 0.0691. The number of rotatable bonds is 4. The van der Waals surface area contributed by atoms with Gasteiger partial charge < -0.3 is 9.84 Å². The van der Waals surface area contributed by atoms with Crippen LogP contribution in [-0.2, 0) is 0 Å². The fourth-order valence-electron chi connectivity index (χ4n) is 1.21. The van der Waals surface area contributed by atoms with Crippen molar-refractivity contribution in [2.75, 3.05) is 6.61 Å². The molecule has 1 rings (SSSR count). The Morgan fingerprint density at radius 2 is 2.12 bits per heavy atom. The lowest BCUT2D eigenvalue weighted by Gasteiger charge is -2.12. The zero-order valence-electron chi connectivity index (χ0n) is 9.58. The number of carboxylic acid groups (broad SMARTS) is 1. The molecule has 88 valence electrons. The van der Waals surface area contributed by atoms with E-state index in [2.05, 4.69) is 0 Å². The molecule has 1 aromatic rings. The summed E-state index contributed by atoms with van der Waals surface area (Å²) in [5.74, 6) is -1.22. The molecule has 16 heavy (non-hydrogen) atoms. The molecule has 0 amide bonds. The molecular weight excluding hydrogens is 211 g/mol. The molecule has 0 saturated heterocycles. The van der Waals surface area contributed by atoms with Crippen molar-refractivity contribution >= 4 is 5.97 Å². The van der Waals surface area contributed by atoms with Gasteiger partial charge in [0.25, 0.3) is 0 Å². The smallest absolute Gasteiger partial charge is 0.339 e. The Morgan fingerprint density at radius 3 is 2.62 bits per heavy atom. The van der Waals surface area contributed by atoms with Crippen LogP contribution in [-0.4, -0.2) is 17.7 Å². The fraction of sp³-hybridized carbons (Fsp3) is 0.417. The molecule has 0 spiro atoms. The van der Waals surface area contributed by atoms with E-state index >= 15 is 0 Å². The summed E-state index contributed by atoms with van der Waals surface area (Å²) in [5, 5.41) is 8.94. The van der Waals surface area contributed by atoms with Crippen molar-refractivity contribution in [2.24, 2.45) is 5.92 Å². The van der Waals surface area contributed by atoms with Crippen LogP contribution in [0.15, 0.2) is 12.1 Å². The second-order valence-corrected chi connectivity index (χ2v) is 4.11. The molecule has 0 aromatic heterocycles. The highest BCUT2D eigenvalue weighted by Gasteiger charge is 2.14. The van der Waals surface area contributed by atoms with E-state index < -0.39 is 11.8 Å². The van der Waals surface area contributed by atoms with Gasteiger partial charge in [-0.05, 0) is 24.5 Å². The van der Waals surface area contributed by atoms with Crippen molar-refractivity contribution in [3.8, 4) is 5.75 Å². The zero-order chi connectivity index (χ0) is 12.3. The minimum Gasteiger partial charge on any atom is -0.492 e. The van der Waals surface area contributed by atoms with E-state index in [4.69, 9.17) is 9.84 Å². The van der Waals surface area contributed by atoms with Crippen LogP contribution in [0.5, 0.6) is 5.75 Å². The lowest BCUT2D eigenvalue weighted by Crippen LogP contribution is -2.09. The monoisotopic (exact) mass is 226 g/mol. The van der Waals surface area contributed by atoms with Crippen LogP contribution in [0.2, 0.25) is 0 Å². The molecule has 1 aromatic carbocycles. The van der Waals surface area contributed by atoms with Gasteiger partial charge in [0.05, 0.1) is 6.61 Å². The van der Waals surface area contributed by atoms with Crippen molar-refractivity contribution in [1.82, 2.24) is 0 Å². The van der Waals surface area contributed by atoms with E-state index in [1.54, 1.807) is 0 Å². The predicted molar refractivity (Wildman–Crippen MR) is 58.4 cm³/mol. The van der Waals surface area contributed by atoms with Gasteiger partial charge >= 0.3 is 5.97 Å². The topological polar surface area (TPSA) is 46.5 Å². The van der Waals surface area contributed by atoms with Crippen molar-refractivity contribution in [3.05, 3.63) is 29.1 Å². The van der Waals surface area contributed by atoms with Gasteiger partial charge in [-0.25, -0.2) is 9.18 Å². The largest absolute Gasteiger partial charge is 0.492 e. The van der Waals surface area contributed by atoms with E-state index in [1.165, 1.54) is 13.0 Å². The van der Waals surface area contributed by atoms with E-state index in [0.29, 0.717) is 12.2 Å². The van der Waals surface area contributed by atoms with Crippen LogP contribution in [0, 0.1) is 18.7 Å². The molecule has 0 aliphatic heterocycles. The van der Waals surface area contributed by atoms with Crippen LogP contribution in [0.3, 0.4) is 0 Å². The molecule has 3 nitrogen and oxygen atoms in total. The third-order valence-corrected chi connectivity index (χ3v) is 2.06. The zero-order valence-corrected chi connectivity index (χ0v) is 9.58. The maximum Gasteiger partial charge on any atom is 0.339 e. The van der Waals surface area contributed by atoms with Crippen LogP contribution in [0.25, 0.3) is 0 Å². The first-order chi connectivity index (χ1) is 7.41. The predicted octanol–water partition coefficient (Wildman–Crippen LogP) is 2.87. The lowest BCUT2D eigenvalue weighted by atomic mass is 10.1. The molecule has 1 N–H and O–H groups in total. The van der Waals surface area contributed by atoms with Crippen molar-refractivity contribution in [1.29, 1.82) is 0 Å². The summed E-state index contributed by atoms with van der Waals surface area (Å²) in [6.07, 6.45) is 0. The molecule has 0 aliphatic carbocycles. The number of benzene rings is 1. The van der Waals surface area contributed by atoms with Crippen LogP contribution in [0.4, 0.5) is 4.39 Å². The summed E-state index contributed by atoms with van der Waals surface area (Å²) < 4.78 is 18.5. The maximum atomic E-state index is 13.3. The number of carboxylic acids is 1. The number of hydrogen-bond acceptors (Lipinski definition) is 2. The number of hydrogen-bond donors (Lipinski definition) is 1. The average Bonchev–Trinajstić information content (AvgIpc) is 2.18. The standard InChI is InChI=1S/C12H15FO3/c1-7(2)6-16-11-5-10(13)8(3)4-9(11)12(14)15/h4-5,7H,6H2,1-3H3,(H,14,15). The van der Waals surface area contributed by atoms with Gasteiger partial charge in [-0.1, -0.05) is 13.8 Å². The van der Waals surface area contributed by atoms with Crippen molar-refractivity contribution in [3.63, 3.8) is 0 Å². The Hall–Kier alpha value is -1.58. The highest BCUT2D eigenvalue weighted by Crippen LogP contribution is 2.23. The van der Waals surface area contributed by atoms with Gasteiger partial charge in [0.15, 0.2) is 0 Å². The summed E-state index contributed by atoms with van der Waals surface area (Å²) in [7, 11) is 0. The molecule has 0 heterocycles. The second kappa shape index (κ2) is 4.96. The van der Waals surface area contributed by atoms with E-state index in [-0.39, 0.29) is 17.2 Å². The first kappa shape index (κ1) is 12.5. The highest BCUT2D eigenvalue weighted by atomic mass is 19.1. The van der Waals surface area contributed by atoms with Gasteiger partial charge in [-0.2, -0.15) is 0 Å². The molecule has 0 saturated carbocycles. The third-order valence-electron chi connectivity index (χ3n) is 2.06. The van der Waals surface area contributed by atoms with Gasteiger partial charge in [0.2, 0.25) is 0 Å². The molecule has 0 bridgehead atoms. The molecule has 0 aliphatic rings. The number of aromatic carboxylic acids is 1. The minimum absolute atomic E-state index is 0.000417. The molecule has 0 radical (unpaired) electrons. The minimum atomic E-state index is -1.11. The summed E-state index contributed by atoms with van der Waals surface area (Å²) in [5.41, 5.74) is 0.300. The summed E-state index contributed by atoms with van der Waals surface area (Å²) in [6, 6.07) is 2.41. The van der Waals surface area contributed by atoms with Crippen molar-refractivity contribution in [2.45, 2.75) is 20.8 Å². The Morgan fingerprint density at radius 1 is 1.50 bits per heavy atom. The van der Waals surface area contributed by atoms with E-state index in [1.807, 2.05) is 13.8 Å². The summed E-state index contributed by atoms with van der Waals surface area (Å²) in [4.78, 5) is 10.9. The van der Waals surface area contributed by atoms with Gasteiger partial charge in [0.1, 0.15) is 17.1 Å². The summed E-state index contributed by atoms with van der Waals surface area (Å²) in [6.45, 7) is 5.76. The Bertz CT molecular complexity index is 399. The molecular formula is C12H15FO3. The van der Waals surface area contributed by atoms with E-state index in [9.17, 15) is 9.18 Å². The third kappa shape index (κ3) is 2.95. The second-order valence-electron chi connectivity index (χ2n) is 4.11. The molecule has 0 fully saturated rings. The Kier molecular flexibility index (Phi) is 3.88. The highest BCUT2D eigenvalue weighted by molar-refractivity contribution is 5.91. The summed E-state index contributed by atoms with van der Waals surface area (Å²) >= 11 is 0. The molecule has 4 heteroatoms. The van der Waals surface area contributed by atoms with Crippen molar-refractivity contribution < 1.29 is 19.0 Å². The first-order valence-electron chi connectivity index (χ1n) is 5.08. The number of ether oxygens (including phenoxy) is 1. The van der Waals surface area contributed by atoms with Gasteiger partial charge in [0, 0.05) is 6.07 Å². The van der Waals surface area contributed by atoms with Gasteiger partial charge in [-0.3, -0.25) is 0 Å².